The van der Waals surface area contributed by atoms with Crippen molar-refractivity contribution in [2.45, 2.75) is 45.1 Å². The molecule has 260 valence electrons. The summed E-state index contributed by atoms with van der Waals surface area (Å²) in [5.74, 6) is -1.67. The Balaban J connectivity index is 1.14. The molecule has 0 bridgehead atoms. The minimum atomic E-state index is -1.58. The molecular weight excluding hydrogens is 666 g/mol. The smallest absolute Gasteiger partial charge is 0.345 e. The lowest BCUT2D eigenvalue weighted by Gasteiger charge is -2.16. The van der Waals surface area contributed by atoms with Crippen LogP contribution in [0, 0.1) is 6.92 Å². The molecule has 1 aromatic heterocycles. The molecule has 2 N–H and O–H groups in total. The van der Waals surface area contributed by atoms with Gasteiger partial charge in [0.2, 0.25) is 5.91 Å². The molecule has 2 atom stereocenters. The van der Waals surface area contributed by atoms with Crippen LogP contribution in [0.25, 0.3) is 10.9 Å². The number of esters is 2. The highest BCUT2D eigenvalue weighted by Crippen LogP contribution is 2.35. The van der Waals surface area contributed by atoms with E-state index in [1.165, 1.54) is 42.7 Å². The zero-order valence-electron chi connectivity index (χ0n) is 27.8. The van der Waals surface area contributed by atoms with Crippen LogP contribution < -0.4 is 14.8 Å². The van der Waals surface area contributed by atoms with E-state index in [1.54, 1.807) is 19.2 Å². The maximum absolute atomic E-state index is 13.6. The lowest BCUT2D eigenvalue weighted by Crippen LogP contribution is -2.31. The molecule has 1 aliphatic rings. The molecule has 2 unspecified atom stereocenters. The summed E-state index contributed by atoms with van der Waals surface area (Å²) < 4.78 is 29.7. The zero-order chi connectivity index (χ0) is 34.8. The first-order chi connectivity index (χ1) is 23.7. The van der Waals surface area contributed by atoms with Crippen molar-refractivity contribution in [1.82, 2.24) is 15.2 Å². The largest absolute Gasteiger partial charge is 0.497 e. The van der Waals surface area contributed by atoms with E-state index in [0.29, 0.717) is 41.6 Å². The highest BCUT2D eigenvalue weighted by molar-refractivity contribution is 7.85. The van der Waals surface area contributed by atoms with E-state index in [2.05, 4.69) is 27.3 Å². The number of aromatic nitrogens is 1. The number of H-pyrrole nitrogens is 1. The van der Waals surface area contributed by atoms with E-state index in [9.17, 15) is 18.6 Å². The van der Waals surface area contributed by atoms with Crippen LogP contribution in [0.3, 0.4) is 0 Å². The second-order valence-electron chi connectivity index (χ2n) is 12.1. The molecule has 1 amide bonds. The van der Waals surface area contributed by atoms with Crippen molar-refractivity contribution in [1.29, 1.82) is 0 Å². The fourth-order valence-electron chi connectivity index (χ4n) is 6.03. The summed E-state index contributed by atoms with van der Waals surface area (Å²) in [6.45, 7) is 5.82. The van der Waals surface area contributed by atoms with Gasteiger partial charge in [-0.05, 0) is 111 Å². The van der Waals surface area contributed by atoms with E-state index < -0.39 is 28.7 Å². The Bertz CT molecular complexity index is 1790. The second kappa shape index (κ2) is 17.5. The fraction of sp³-hybridized carbons (Fsp3) is 0.378. The standard InChI is InChI=1S/C37H42ClN3O7S/c1-25-35(32-22-29(46-2)13-14-33(32)40-25)31(37(44)48-36(43)27-9-11-28(38)12-10-27)15-20-49(45)24-34(42)39-16-6-19-47-30-8-5-7-26(21-30)23-41-17-3-4-18-41/h5,7-14,21-22,31,40H,3-4,6,15-20,23-24H2,1-2H3,(H,39,42). The summed E-state index contributed by atoms with van der Waals surface area (Å²) in [4.78, 5) is 44.7. The maximum atomic E-state index is 13.6. The Morgan fingerprint density at radius 2 is 1.80 bits per heavy atom. The molecule has 10 nitrogen and oxygen atoms in total. The molecule has 1 aliphatic heterocycles. The Morgan fingerprint density at radius 1 is 1.02 bits per heavy atom. The van der Waals surface area contributed by atoms with Gasteiger partial charge in [0, 0.05) is 51.3 Å². The van der Waals surface area contributed by atoms with E-state index >= 15 is 0 Å². The van der Waals surface area contributed by atoms with Crippen molar-refractivity contribution in [2.24, 2.45) is 0 Å². The number of rotatable bonds is 16. The topological polar surface area (TPSA) is 127 Å². The highest BCUT2D eigenvalue weighted by atomic mass is 35.5. The number of hydrogen-bond donors (Lipinski definition) is 2. The van der Waals surface area contributed by atoms with E-state index in [4.69, 9.17) is 25.8 Å². The summed E-state index contributed by atoms with van der Waals surface area (Å²) in [5.41, 5.74) is 3.48. The summed E-state index contributed by atoms with van der Waals surface area (Å²) in [7, 11) is -0.0294. The summed E-state index contributed by atoms with van der Waals surface area (Å²) in [5, 5.41) is 3.97. The Kier molecular flexibility index (Phi) is 12.9. The first kappa shape index (κ1) is 36.1. The molecule has 4 aromatic rings. The number of aryl methyl sites for hydroxylation is 1. The van der Waals surface area contributed by atoms with Gasteiger partial charge >= 0.3 is 11.9 Å². The number of halogens is 1. The number of amides is 1. The Hall–Kier alpha value is -4.19. The van der Waals surface area contributed by atoms with E-state index in [0.717, 1.165) is 36.3 Å². The molecule has 3 aromatic carbocycles. The van der Waals surface area contributed by atoms with Gasteiger partial charge in [-0.15, -0.1) is 0 Å². The molecule has 0 spiro atoms. The van der Waals surface area contributed by atoms with Gasteiger partial charge in [0.05, 0.1) is 25.2 Å². The lowest BCUT2D eigenvalue weighted by molar-refractivity contribution is -0.139. The normalized spacial score (nSPS) is 14.3. The molecular formula is C37H42ClN3O7S. The number of benzene rings is 3. The first-order valence-corrected chi connectivity index (χ1v) is 18.3. The number of carbonyl (C=O) groups excluding carboxylic acids is 3. The van der Waals surface area contributed by atoms with Gasteiger partial charge in [-0.1, -0.05) is 23.7 Å². The zero-order valence-corrected chi connectivity index (χ0v) is 29.4. The van der Waals surface area contributed by atoms with Crippen molar-refractivity contribution in [2.75, 3.05) is 44.9 Å². The van der Waals surface area contributed by atoms with Crippen LogP contribution in [0.15, 0.2) is 66.7 Å². The molecule has 5 rings (SSSR count). The van der Waals surface area contributed by atoms with Crippen LogP contribution >= 0.6 is 11.6 Å². The summed E-state index contributed by atoms with van der Waals surface area (Å²) >= 11 is 5.94. The van der Waals surface area contributed by atoms with Gasteiger partial charge < -0.3 is 24.5 Å². The van der Waals surface area contributed by atoms with Gasteiger partial charge in [-0.25, -0.2) is 4.79 Å². The third-order valence-corrected chi connectivity index (χ3v) is 10.0. The predicted octanol–water partition coefficient (Wildman–Crippen LogP) is 5.93. The Labute approximate surface area is 293 Å². The quantitative estimate of drug-likeness (QED) is 0.0835. The molecule has 49 heavy (non-hydrogen) atoms. The van der Waals surface area contributed by atoms with Crippen molar-refractivity contribution < 1.29 is 32.8 Å². The number of nitrogens with one attached hydrogen (secondary N) is 2. The number of aromatic amines is 1. The number of likely N-dealkylation sites (tertiary alicyclic amines) is 1. The number of hydrogen-bond acceptors (Lipinski definition) is 8. The molecule has 1 saturated heterocycles. The molecule has 0 saturated carbocycles. The predicted molar refractivity (Wildman–Crippen MR) is 191 cm³/mol. The number of methoxy groups -OCH3 is 1. The van der Waals surface area contributed by atoms with Crippen LogP contribution in [0.4, 0.5) is 0 Å². The average Bonchev–Trinajstić information content (AvgIpc) is 3.71. The van der Waals surface area contributed by atoms with Crippen molar-refractivity contribution in [3.8, 4) is 11.5 Å². The van der Waals surface area contributed by atoms with E-state index in [1.807, 2.05) is 25.1 Å². The molecule has 1 fully saturated rings. The Morgan fingerprint density at radius 3 is 2.55 bits per heavy atom. The van der Waals surface area contributed by atoms with Crippen LogP contribution in [-0.2, 0) is 31.7 Å². The number of ether oxygens (including phenoxy) is 3. The van der Waals surface area contributed by atoms with Gasteiger partial charge in [0.25, 0.3) is 0 Å². The molecule has 2 heterocycles. The SMILES string of the molecule is COc1ccc2[nH]c(C)c(C(CCS(=O)CC(=O)NCCCOc3cccc(CN4CCCC4)c3)C(=O)OC(=O)c3ccc(Cl)cc3)c2c1. The summed E-state index contributed by atoms with van der Waals surface area (Å²) in [6.07, 6.45) is 3.18. The van der Waals surface area contributed by atoms with Gasteiger partial charge in [0.1, 0.15) is 17.3 Å². The highest BCUT2D eigenvalue weighted by Gasteiger charge is 2.30. The van der Waals surface area contributed by atoms with Crippen LogP contribution in [0.2, 0.25) is 5.02 Å². The molecule has 0 aliphatic carbocycles. The number of fused-ring (bicyclic) bond motifs is 1. The minimum Gasteiger partial charge on any atom is -0.497 e. The third kappa shape index (κ3) is 10.2. The lowest BCUT2D eigenvalue weighted by atomic mass is 9.93. The average molecular weight is 708 g/mol. The molecule has 0 radical (unpaired) electrons. The van der Waals surface area contributed by atoms with Gasteiger partial charge in [-0.2, -0.15) is 0 Å². The molecule has 12 heteroatoms. The minimum absolute atomic E-state index is 0.0370. The van der Waals surface area contributed by atoms with Crippen LogP contribution in [0.5, 0.6) is 11.5 Å². The summed E-state index contributed by atoms with van der Waals surface area (Å²) in [6, 6.07) is 19.6. The van der Waals surface area contributed by atoms with Crippen molar-refractivity contribution >= 4 is 51.1 Å². The van der Waals surface area contributed by atoms with Gasteiger partial charge in [0.15, 0.2) is 0 Å². The first-order valence-electron chi connectivity index (χ1n) is 16.4. The monoisotopic (exact) mass is 707 g/mol. The van der Waals surface area contributed by atoms with Crippen molar-refractivity contribution in [3.05, 3.63) is 94.1 Å². The van der Waals surface area contributed by atoms with E-state index in [-0.39, 0.29) is 29.4 Å². The van der Waals surface area contributed by atoms with Crippen LogP contribution in [-0.4, -0.2) is 76.8 Å². The maximum Gasteiger partial charge on any atom is 0.345 e. The number of carbonyl (C=O) groups is 3. The van der Waals surface area contributed by atoms with Crippen LogP contribution in [0.1, 0.15) is 58.8 Å². The fourth-order valence-corrected chi connectivity index (χ4v) is 7.19. The van der Waals surface area contributed by atoms with Crippen molar-refractivity contribution in [3.63, 3.8) is 0 Å². The second-order valence-corrected chi connectivity index (χ2v) is 14.1. The third-order valence-electron chi connectivity index (χ3n) is 8.49. The van der Waals surface area contributed by atoms with Gasteiger partial charge in [-0.3, -0.25) is 18.7 Å². The number of nitrogens with zero attached hydrogens (tertiary/aromatic N) is 1.